The highest BCUT2D eigenvalue weighted by atomic mass is 32.2. The van der Waals surface area contributed by atoms with Gasteiger partial charge in [-0.3, -0.25) is 0 Å². The maximum atomic E-state index is 11.6. The zero-order chi connectivity index (χ0) is 11.9. The van der Waals surface area contributed by atoms with Crippen LogP contribution in [0, 0.1) is 0 Å². The third kappa shape index (κ3) is 6.06. The van der Waals surface area contributed by atoms with Crippen molar-refractivity contribution < 1.29 is 13.2 Å². The molecule has 15 heavy (non-hydrogen) atoms. The fourth-order valence-corrected chi connectivity index (χ4v) is 2.19. The van der Waals surface area contributed by atoms with Crippen LogP contribution in [0.2, 0.25) is 0 Å². The maximum absolute atomic E-state index is 11.6. The molecule has 0 aromatic heterocycles. The molecule has 0 fully saturated rings. The molecule has 7 heteroatoms. The first-order valence-electron chi connectivity index (χ1n) is 4.86. The van der Waals surface area contributed by atoms with Gasteiger partial charge in [0.25, 0.3) is 10.2 Å². The molecule has 1 atom stereocenters. The predicted octanol–water partition coefficient (Wildman–Crippen LogP) is -0.864. The van der Waals surface area contributed by atoms with E-state index in [4.69, 9.17) is 10.5 Å². The molecule has 0 spiro atoms. The largest absolute Gasteiger partial charge is 0.383 e. The van der Waals surface area contributed by atoms with Gasteiger partial charge in [-0.25, -0.2) is 0 Å². The van der Waals surface area contributed by atoms with Crippen molar-refractivity contribution >= 4 is 10.2 Å². The van der Waals surface area contributed by atoms with Gasteiger partial charge < -0.3 is 10.5 Å². The molecule has 0 amide bonds. The minimum absolute atomic E-state index is 0.236. The van der Waals surface area contributed by atoms with E-state index < -0.39 is 10.2 Å². The molecule has 0 aliphatic rings. The van der Waals surface area contributed by atoms with Crippen LogP contribution in [0.3, 0.4) is 0 Å². The number of nitrogens with two attached hydrogens (primary N) is 1. The molecule has 0 aromatic rings. The first kappa shape index (κ1) is 14.8. The standard InChI is InChI=1S/C8H21N3O3S/c1-8(7-14-3)10-15(12,13)11(2)6-4-5-9/h8,10H,4-7,9H2,1-3H3. The van der Waals surface area contributed by atoms with Gasteiger partial charge in [0.15, 0.2) is 0 Å². The Morgan fingerprint density at radius 1 is 1.53 bits per heavy atom. The summed E-state index contributed by atoms with van der Waals surface area (Å²) in [5, 5.41) is 0. The second-order valence-corrected chi connectivity index (χ2v) is 5.25. The monoisotopic (exact) mass is 239 g/mol. The van der Waals surface area contributed by atoms with Crippen molar-refractivity contribution in [2.24, 2.45) is 5.73 Å². The second kappa shape index (κ2) is 7.13. The third-order valence-corrected chi connectivity index (χ3v) is 3.56. The van der Waals surface area contributed by atoms with E-state index in [1.165, 1.54) is 18.5 Å². The smallest absolute Gasteiger partial charge is 0.279 e. The molecule has 1 unspecified atom stereocenters. The summed E-state index contributed by atoms with van der Waals surface area (Å²) >= 11 is 0. The molecule has 0 radical (unpaired) electrons. The van der Waals surface area contributed by atoms with Crippen molar-refractivity contribution in [2.75, 3.05) is 33.9 Å². The molecular weight excluding hydrogens is 218 g/mol. The third-order valence-electron chi connectivity index (χ3n) is 1.85. The number of hydrogen-bond donors (Lipinski definition) is 2. The van der Waals surface area contributed by atoms with Gasteiger partial charge >= 0.3 is 0 Å². The van der Waals surface area contributed by atoms with Gasteiger partial charge in [-0.1, -0.05) is 0 Å². The molecule has 0 saturated carbocycles. The molecule has 6 nitrogen and oxygen atoms in total. The summed E-state index contributed by atoms with van der Waals surface area (Å²) in [7, 11) is -0.350. The molecule has 0 rings (SSSR count). The number of methoxy groups -OCH3 is 1. The van der Waals surface area contributed by atoms with Crippen LogP contribution in [0.5, 0.6) is 0 Å². The van der Waals surface area contributed by atoms with Gasteiger partial charge in [-0.05, 0) is 19.9 Å². The molecule has 0 aliphatic carbocycles. The number of rotatable bonds is 8. The van der Waals surface area contributed by atoms with Crippen molar-refractivity contribution in [3.05, 3.63) is 0 Å². The number of nitrogens with one attached hydrogen (secondary N) is 1. The second-order valence-electron chi connectivity index (χ2n) is 3.44. The van der Waals surface area contributed by atoms with Gasteiger partial charge in [0.05, 0.1) is 6.61 Å². The summed E-state index contributed by atoms with van der Waals surface area (Å²) in [5.74, 6) is 0. The zero-order valence-electron chi connectivity index (χ0n) is 9.56. The zero-order valence-corrected chi connectivity index (χ0v) is 10.4. The normalized spacial score (nSPS) is 14.5. The Bertz CT molecular complexity index is 256. The van der Waals surface area contributed by atoms with Crippen LogP contribution in [0.25, 0.3) is 0 Å². The van der Waals surface area contributed by atoms with Gasteiger partial charge in [0, 0.05) is 26.7 Å². The number of ether oxygens (including phenoxy) is 1. The van der Waals surface area contributed by atoms with Gasteiger partial charge in [0.1, 0.15) is 0 Å². The summed E-state index contributed by atoms with van der Waals surface area (Å²) in [4.78, 5) is 0. The topological polar surface area (TPSA) is 84.7 Å². The Morgan fingerprint density at radius 3 is 2.60 bits per heavy atom. The SMILES string of the molecule is COCC(C)NS(=O)(=O)N(C)CCCN. The van der Waals surface area contributed by atoms with Crippen LogP contribution in [0.1, 0.15) is 13.3 Å². The lowest BCUT2D eigenvalue weighted by Crippen LogP contribution is -2.44. The first-order chi connectivity index (χ1) is 6.94. The van der Waals surface area contributed by atoms with Crippen LogP contribution in [0.4, 0.5) is 0 Å². The van der Waals surface area contributed by atoms with E-state index in [2.05, 4.69) is 4.72 Å². The summed E-state index contributed by atoms with van der Waals surface area (Å²) in [6.45, 7) is 3.00. The van der Waals surface area contributed by atoms with Crippen molar-refractivity contribution in [1.82, 2.24) is 9.03 Å². The predicted molar refractivity (Wildman–Crippen MR) is 59.7 cm³/mol. The van der Waals surface area contributed by atoms with Crippen molar-refractivity contribution in [2.45, 2.75) is 19.4 Å². The minimum Gasteiger partial charge on any atom is -0.383 e. The van der Waals surface area contributed by atoms with Crippen LogP contribution < -0.4 is 10.5 Å². The van der Waals surface area contributed by atoms with Crippen molar-refractivity contribution in [1.29, 1.82) is 0 Å². The Morgan fingerprint density at radius 2 is 2.13 bits per heavy atom. The van der Waals surface area contributed by atoms with E-state index >= 15 is 0 Å². The Kier molecular flexibility index (Phi) is 7.03. The highest BCUT2D eigenvalue weighted by Crippen LogP contribution is 1.97. The quantitative estimate of drug-likeness (QED) is 0.577. The van der Waals surface area contributed by atoms with E-state index in [1.54, 1.807) is 6.92 Å². The van der Waals surface area contributed by atoms with Crippen LogP contribution in [-0.4, -0.2) is 52.6 Å². The Hall–Kier alpha value is -0.210. The molecule has 0 aromatic carbocycles. The molecule has 0 aliphatic heterocycles. The van der Waals surface area contributed by atoms with E-state index in [-0.39, 0.29) is 6.04 Å². The average Bonchev–Trinajstić information content (AvgIpc) is 2.13. The van der Waals surface area contributed by atoms with Crippen LogP contribution >= 0.6 is 0 Å². The molecule has 3 N–H and O–H groups in total. The molecule has 0 saturated heterocycles. The minimum atomic E-state index is -3.41. The Balaban J connectivity index is 4.16. The Labute approximate surface area is 92.0 Å². The van der Waals surface area contributed by atoms with E-state index in [1.807, 2.05) is 0 Å². The highest BCUT2D eigenvalue weighted by molar-refractivity contribution is 7.87. The van der Waals surface area contributed by atoms with E-state index in [9.17, 15) is 8.42 Å². The number of nitrogens with zero attached hydrogens (tertiary/aromatic N) is 1. The fourth-order valence-electron chi connectivity index (χ4n) is 1.06. The summed E-state index contributed by atoms with van der Waals surface area (Å²) in [6.07, 6.45) is 0.649. The summed E-state index contributed by atoms with van der Waals surface area (Å²) in [5.41, 5.74) is 5.31. The fraction of sp³-hybridized carbons (Fsp3) is 1.00. The summed E-state index contributed by atoms with van der Waals surface area (Å²) in [6, 6.07) is -0.236. The lowest BCUT2D eigenvalue weighted by Gasteiger charge is -2.20. The molecule has 0 bridgehead atoms. The van der Waals surface area contributed by atoms with E-state index in [0.29, 0.717) is 26.1 Å². The van der Waals surface area contributed by atoms with Gasteiger partial charge in [0.2, 0.25) is 0 Å². The van der Waals surface area contributed by atoms with Gasteiger partial charge in [-0.2, -0.15) is 17.4 Å². The molecular formula is C8H21N3O3S. The lowest BCUT2D eigenvalue weighted by atomic mass is 10.4. The number of hydrogen-bond acceptors (Lipinski definition) is 4. The average molecular weight is 239 g/mol. The molecule has 0 heterocycles. The highest BCUT2D eigenvalue weighted by Gasteiger charge is 2.19. The van der Waals surface area contributed by atoms with Crippen LogP contribution in [0.15, 0.2) is 0 Å². The van der Waals surface area contributed by atoms with Crippen molar-refractivity contribution in [3.63, 3.8) is 0 Å². The van der Waals surface area contributed by atoms with Crippen molar-refractivity contribution in [3.8, 4) is 0 Å². The first-order valence-corrected chi connectivity index (χ1v) is 6.30. The lowest BCUT2D eigenvalue weighted by molar-refractivity contribution is 0.179. The molecule has 92 valence electrons. The van der Waals surface area contributed by atoms with Crippen LogP contribution in [-0.2, 0) is 14.9 Å². The summed E-state index contributed by atoms with van der Waals surface area (Å²) < 4.78 is 31.9. The maximum Gasteiger partial charge on any atom is 0.279 e. The van der Waals surface area contributed by atoms with E-state index in [0.717, 1.165) is 0 Å². The van der Waals surface area contributed by atoms with Gasteiger partial charge in [-0.15, -0.1) is 0 Å².